The third-order valence-electron chi connectivity index (χ3n) is 2.95. The molecular formula is C14H17NO3S. The zero-order valence-electron chi connectivity index (χ0n) is 11.2. The lowest BCUT2D eigenvalue weighted by Crippen LogP contribution is -2.11. The zero-order valence-corrected chi connectivity index (χ0v) is 12.0. The van der Waals surface area contributed by atoms with Crippen molar-refractivity contribution in [2.75, 3.05) is 21.3 Å². The molecule has 1 atom stereocenters. The third kappa shape index (κ3) is 2.67. The molecule has 0 radical (unpaired) electrons. The summed E-state index contributed by atoms with van der Waals surface area (Å²) in [5.74, 6) is 1.80. The number of nitrogens with two attached hydrogens (primary N) is 1. The minimum Gasteiger partial charge on any atom is -0.493 e. The summed E-state index contributed by atoms with van der Waals surface area (Å²) < 4.78 is 16.0. The van der Waals surface area contributed by atoms with Gasteiger partial charge in [0.25, 0.3) is 0 Å². The first kappa shape index (κ1) is 13.7. The topological polar surface area (TPSA) is 53.7 Å². The summed E-state index contributed by atoms with van der Waals surface area (Å²) in [6.07, 6.45) is 0. The molecule has 0 spiro atoms. The predicted molar refractivity (Wildman–Crippen MR) is 76.4 cm³/mol. The van der Waals surface area contributed by atoms with E-state index in [-0.39, 0.29) is 6.04 Å². The minimum atomic E-state index is -0.208. The molecule has 0 aliphatic heterocycles. The van der Waals surface area contributed by atoms with E-state index >= 15 is 0 Å². The van der Waals surface area contributed by atoms with Crippen molar-refractivity contribution in [1.82, 2.24) is 0 Å². The Kier molecular flexibility index (Phi) is 4.29. The van der Waals surface area contributed by atoms with Crippen LogP contribution in [0.4, 0.5) is 0 Å². The van der Waals surface area contributed by atoms with Crippen molar-refractivity contribution in [2.24, 2.45) is 5.73 Å². The molecule has 102 valence electrons. The van der Waals surface area contributed by atoms with Gasteiger partial charge in [-0.25, -0.2) is 0 Å². The molecule has 0 saturated carbocycles. The van der Waals surface area contributed by atoms with Crippen LogP contribution in [-0.2, 0) is 0 Å². The fourth-order valence-corrected chi connectivity index (χ4v) is 2.62. The van der Waals surface area contributed by atoms with Crippen LogP contribution in [-0.4, -0.2) is 21.3 Å². The molecule has 1 aromatic heterocycles. The molecule has 0 bridgehead atoms. The molecule has 1 heterocycles. The largest absolute Gasteiger partial charge is 0.493 e. The standard InChI is InChI=1S/C14H17NO3S/c1-16-11-6-10(7-12(17-2)14(11)18-3)13(15)9-4-5-19-8-9/h4-8,13H,15H2,1-3H3/t13-/m1/s1. The fourth-order valence-electron chi connectivity index (χ4n) is 1.93. The predicted octanol–water partition coefficient (Wildman–Crippen LogP) is 2.82. The van der Waals surface area contributed by atoms with E-state index in [1.807, 2.05) is 29.0 Å². The molecule has 4 nitrogen and oxygen atoms in total. The molecular weight excluding hydrogens is 262 g/mol. The van der Waals surface area contributed by atoms with E-state index in [1.165, 1.54) is 0 Å². The maximum absolute atomic E-state index is 6.25. The molecule has 0 unspecified atom stereocenters. The van der Waals surface area contributed by atoms with Crippen molar-refractivity contribution < 1.29 is 14.2 Å². The normalized spacial score (nSPS) is 12.0. The van der Waals surface area contributed by atoms with Gasteiger partial charge in [0.15, 0.2) is 11.5 Å². The lowest BCUT2D eigenvalue weighted by atomic mass is 10.0. The lowest BCUT2D eigenvalue weighted by molar-refractivity contribution is 0.323. The average molecular weight is 279 g/mol. The Morgan fingerprint density at radius 3 is 2.05 bits per heavy atom. The number of benzene rings is 1. The van der Waals surface area contributed by atoms with Crippen molar-refractivity contribution >= 4 is 11.3 Å². The van der Waals surface area contributed by atoms with Crippen LogP contribution >= 0.6 is 11.3 Å². The molecule has 19 heavy (non-hydrogen) atoms. The third-order valence-corrected chi connectivity index (χ3v) is 3.65. The van der Waals surface area contributed by atoms with E-state index in [2.05, 4.69) is 0 Å². The summed E-state index contributed by atoms with van der Waals surface area (Å²) in [5.41, 5.74) is 8.25. The Morgan fingerprint density at radius 1 is 1.00 bits per heavy atom. The van der Waals surface area contributed by atoms with Gasteiger partial charge in [0.05, 0.1) is 27.4 Å². The van der Waals surface area contributed by atoms with Crippen molar-refractivity contribution in [3.63, 3.8) is 0 Å². The first-order valence-corrected chi connectivity index (χ1v) is 6.73. The maximum atomic E-state index is 6.25. The SMILES string of the molecule is COc1cc([C@H](N)c2ccsc2)cc(OC)c1OC. The summed E-state index contributed by atoms with van der Waals surface area (Å²) in [6, 6.07) is 5.56. The Bertz CT molecular complexity index is 515. The molecule has 0 fully saturated rings. The number of hydrogen-bond donors (Lipinski definition) is 1. The van der Waals surface area contributed by atoms with Gasteiger partial charge in [-0.2, -0.15) is 11.3 Å². The van der Waals surface area contributed by atoms with Crippen molar-refractivity contribution in [3.8, 4) is 17.2 Å². The summed E-state index contributed by atoms with van der Waals surface area (Å²) >= 11 is 1.62. The molecule has 2 aromatic rings. The minimum absolute atomic E-state index is 0.208. The van der Waals surface area contributed by atoms with E-state index in [0.29, 0.717) is 17.2 Å². The van der Waals surface area contributed by atoms with Gasteiger partial charge in [-0.1, -0.05) is 0 Å². The van der Waals surface area contributed by atoms with Gasteiger partial charge in [-0.3, -0.25) is 0 Å². The van der Waals surface area contributed by atoms with Gasteiger partial charge in [0.1, 0.15) is 0 Å². The van der Waals surface area contributed by atoms with Gasteiger partial charge in [0, 0.05) is 0 Å². The smallest absolute Gasteiger partial charge is 0.203 e. The number of thiophene rings is 1. The van der Waals surface area contributed by atoms with E-state index in [1.54, 1.807) is 32.7 Å². The van der Waals surface area contributed by atoms with Crippen molar-refractivity contribution in [3.05, 3.63) is 40.1 Å². The molecule has 5 heteroatoms. The molecule has 1 aromatic carbocycles. The zero-order chi connectivity index (χ0) is 13.8. The van der Waals surface area contributed by atoms with E-state index in [4.69, 9.17) is 19.9 Å². The van der Waals surface area contributed by atoms with Crippen molar-refractivity contribution in [2.45, 2.75) is 6.04 Å². The highest BCUT2D eigenvalue weighted by Gasteiger charge is 2.17. The van der Waals surface area contributed by atoms with E-state index in [0.717, 1.165) is 11.1 Å². The van der Waals surface area contributed by atoms with E-state index < -0.39 is 0 Å². The van der Waals surface area contributed by atoms with Gasteiger partial charge in [-0.05, 0) is 40.1 Å². The molecule has 2 rings (SSSR count). The Balaban J connectivity index is 2.47. The van der Waals surface area contributed by atoms with Gasteiger partial charge in [0.2, 0.25) is 5.75 Å². The fraction of sp³-hybridized carbons (Fsp3) is 0.286. The molecule has 0 saturated heterocycles. The summed E-state index contributed by atoms with van der Waals surface area (Å²) in [5, 5.41) is 4.04. The number of ether oxygens (including phenoxy) is 3. The quantitative estimate of drug-likeness (QED) is 0.914. The second kappa shape index (κ2) is 5.95. The summed E-state index contributed by atoms with van der Waals surface area (Å²) in [7, 11) is 4.77. The molecule has 0 aliphatic carbocycles. The van der Waals surface area contributed by atoms with Crippen LogP contribution in [0, 0.1) is 0 Å². The monoisotopic (exact) mass is 279 g/mol. The van der Waals surface area contributed by atoms with Crippen LogP contribution in [0.1, 0.15) is 17.2 Å². The number of hydrogen-bond acceptors (Lipinski definition) is 5. The molecule has 0 aliphatic rings. The van der Waals surface area contributed by atoms with Crippen LogP contribution < -0.4 is 19.9 Å². The molecule has 2 N–H and O–H groups in total. The summed E-state index contributed by atoms with van der Waals surface area (Å²) in [6.45, 7) is 0. The highest BCUT2D eigenvalue weighted by Crippen LogP contribution is 2.40. The first-order valence-electron chi connectivity index (χ1n) is 5.78. The molecule has 0 amide bonds. The Labute approximate surface area is 116 Å². The summed E-state index contributed by atoms with van der Waals surface area (Å²) in [4.78, 5) is 0. The van der Waals surface area contributed by atoms with Gasteiger partial charge < -0.3 is 19.9 Å². The average Bonchev–Trinajstić information content (AvgIpc) is 2.98. The second-order valence-corrected chi connectivity index (χ2v) is 4.77. The van der Waals surface area contributed by atoms with Crippen LogP contribution in [0.3, 0.4) is 0 Å². The van der Waals surface area contributed by atoms with Crippen molar-refractivity contribution in [1.29, 1.82) is 0 Å². The number of methoxy groups -OCH3 is 3. The van der Waals surface area contributed by atoms with Crippen LogP contribution in [0.2, 0.25) is 0 Å². The highest BCUT2D eigenvalue weighted by molar-refractivity contribution is 7.08. The van der Waals surface area contributed by atoms with Crippen LogP contribution in [0.25, 0.3) is 0 Å². The maximum Gasteiger partial charge on any atom is 0.203 e. The Hall–Kier alpha value is -1.72. The Morgan fingerprint density at radius 2 is 1.63 bits per heavy atom. The van der Waals surface area contributed by atoms with Crippen LogP contribution in [0.15, 0.2) is 29.0 Å². The number of rotatable bonds is 5. The first-order chi connectivity index (χ1) is 9.21. The van der Waals surface area contributed by atoms with E-state index in [9.17, 15) is 0 Å². The second-order valence-electron chi connectivity index (χ2n) is 3.99. The highest BCUT2D eigenvalue weighted by atomic mass is 32.1. The van der Waals surface area contributed by atoms with Gasteiger partial charge >= 0.3 is 0 Å². The van der Waals surface area contributed by atoms with Crippen LogP contribution in [0.5, 0.6) is 17.2 Å². The lowest BCUT2D eigenvalue weighted by Gasteiger charge is -2.17. The van der Waals surface area contributed by atoms with Gasteiger partial charge in [-0.15, -0.1) is 0 Å².